The number of carbonyl (C=O) groups excluding carboxylic acids is 1. The first kappa shape index (κ1) is 20.2. The summed E-state index contributed by atoms with van der Waals surface area (Å²) in [7, 11) is 0. The lowest BCUT2D eigenvalue weighted by Gasteiger charge is -2.34. The number of aromatic nitrogens is 4. The Balaban J connectivity index is 1.20. The van der Waals surface area contributed by atoms with E-state index in [0.29, 0.717) is 31.2 Å². The minimum atomic E-state index is -0.572. The monoisotopic (exact) mass is 430 g/mol. The first-order valence-electron chi connectivity index (χ1n) is 9.75. The quantitative estimate of drug-likeness (QED) is 0.577. The molecule has 4 rings (SSSR count). The van der Waals surface area contributed by atoms with E-state index >= 15 is 0 Å². The first-order chi connectivity index (χ1) is 14.6. The number of nitrogens with zero attached hydrogens (tertiary/aromatic N) is 5. The third-order valence-corrected chi connectivity index (χ3v) is 5.87. The van der Waals surface area contributed by atoms with Crippen molar-refractivity contribution in [2.24, 2.45) is 0 Å². The van der Waals surface area contributed by atoms with Crippen LogP contribution in [0.3, 0.4) is 0 Å². The zero-order chi connectivity index (χ0) is 20.9. The van der Waals surface area contributed by atoms with Gasteiger partial charge in [0, 0.05) is 44.9 Å². The van der Waals surface area contributed by atoms with Gasteiger partial charge in [0.15, 0.2) is 0 Å². The maximum absolute atomic E-state index is 12.4. The summed E-state index contributed by atoms with van der Waals surface area (Å²) >= 11 is 1.58. The average molecular weight is 430 g/mol. The van der Waals surface area contributed by atoms with Gasteiger partial charge in [-0.1, -0.05) is 11.2 Å². The number of amides is 1. The second kappa shape index (κ2) is 9.18. The number of H-pyrrole nitrogens is 1. The summed E-state index contributed by atoms with van der Waals surface area (Å²) in [6.45, 7) is 3.59. The highest BCUT2D eigenvalue weighted by Crippen LogP contribution is 2.21. The Morgan fingerprint density at radius 3 is 2.77 bits per heavy atom. The van der Waals surface area contributed by atoms with Gasteiger partial charge < -0.3 is 9.42 Å². The van der Waals surface area contributed by atoms with Crippen LogP contribution in [0.1, 0.15) is 12.3 Å². The number of carbonyl (C=O) groups is 1. The highest BCUT2D eigenvalue weighted by Gasteiger charge is 2.21. The fraction of sp³-hybridized carbons (Fsp3) is 0.421. The molecule has 11 heteroatoms. The highest BCUT2D eigenvalue weighted by atomic mass is 32.1. The largest absolute Gasteiger partial charge is 0.339 e. The Labute approximate surface area is 175 Å². The van der Waals surface area contributed by atoms with Crippen molar-refractivity contribution < 1.29 is 9.32 Å². The van der Waals surface area contributed by atoms with Gasteiger partial charge in [0.25, 0.3) is 5.56 Å². The number of hydrogen-bond acceptors (Lipinski definition) is 8. The topological polar surface area (TPSA) is 117 Å². The number of aryl methyl sites for hydroxylation is 1. The Bertz CT molecular complexity index is 1090. The molecule has 1 saturated heterocycles. The molecule has 0 aliphatic carbocycles. The van der Waals surface area contributed by atoms with E-state index in [1.54, 1.807) is 16.2 Å². The molecule has 4 heterocycles. The maximum atomic E-state index is 12.4. The zero-order valence-corrected chi connectivity index (χ0v) is 17.1. The third kappa shape index (κ3) is 4.92. The van der Waals surface area contributed by atoms with Gasteiger partial charge in [-0.2, -0.15) is 4.98 Å². The molecule has 30 heavy (non-hydrogen) atoms. The second-order valence-electron chi connectivity index (χ2n) is 7.05. The van der Waals surface area contributed by atoms with Crippen LogP contribution in [0.25, 0.3) is 10.7 Å². The summed E-state index contributed by atoms with van der Waals surface area (Å²) in [6.07, 6.45) is 2.95. The molecule has 1 N–H and O–H groups in total. The Hall–Kier alpha value is -3.05. The summed E-state index contributed by atoms with van der Waals surface area (Å²) in [4.78, 5) is 46.9. The number of hydrogen-bond donors (Lipinski definition) is 1. The summed E-state index contributed by atoms with van der Waals surface area (Å²) in [5.41, 5.74) is -1.04. The maximum Gasteiger partial charge on any atom is 0.328 e. The SMILES string of the molecule is O=C(Cn1ccc(=O)[nH]c1=O)N1CCN(CCCc2nc(-c3cccs3)no2)CC1. The molecule has 1 aliphatic rings. The molecule has 0 spiro atoms. The molecule has 0 atom stereocenters. The Morgan fingerprint density at radius 2 is 2.03 bits per heavy atom. The van der Waals surface area contributed by atoms with E-state index in [1.807, 2.05) is 17.5 Å². The molecule has 1 fully saturated rings. The number of aromatic amines is 1. The van der Waals surface area contributed by atoms with E-state index in [-0.39, 0.29) is 12.5 Å². The summed E-state index contributed by atoms with van der Waals surface area (Å²) < 4.78 is 6.54. The molecule has 0 radical (unpaired) electrons. The lowest BCUT2D eigenvalue weighted by molar-refractivity contribution is -0.133. The molecular formula is C19H22N6O4S. The van der Waals surface area contributed by atoms with Crippen molar-refractivity contribution in [1.29, 1.82) is 0 Å². The van der Waals surface area contributed by atoms with Crippen molar-refractivity contribution in [3.05, 3.63) is 56.5 Å². The smallest absolute Gasteiger partial charge is 0.328 e. The second-order valence-corrected chi connectivity index (χ2v) is 8.00. The minimum absolute atomic E-state index is 0.0701. The fourth-order valence-electron chi connectivity index (χ4n) is 3.35. The van der Waals surface area contributed by atoms with Crippen LogP contribution in [0.4, 0.5) is 0 Å². The molecule has 0 aromatic carbocycles. The van der Waals surface area contributed by atoms with E-state index in [0.717, 1.165) is 30.9 Å². The van der Waals surface area contributed by atoms with E-state index in [4.69, 9.17) is 4.52 Å². The fourth-order valence-corrected chi connectivity index (χ4v) is 4.00. The van der Waals surface area contributed by atoms with Gasteiger partial charge in [-0.05, 0) is 24.4 Å². The van der Waals surface area contributed by atoms with E-state index < -0.39 is 11.2 Å². The van der Waals surface area contributed by atoms with Crippen molar-refractivity contribution in [3.8, 4) is 10.7 Å². The third-order valence-electron chi connectivity index (χ3n) is 5.00. The first-order valence-corrected chi connectivity index (χ1v) is 10.6. The lowest BCUT2D eigenvalue weighted by Crippen LogP contribution is -2.50. The van der Waals surface area contributed by atoms with Gasteiger partial charge in [-0.25, -0.2) is 4.79 Å². The number of piperazine rings is 1. The van der Waals surface area contributed by atoms with Crippen LogP contribution < -0.4 is 11.2 Å². The van der Waals surface area contributed by atoms with Gasteiger partial charge in [0.05, 0.1) is 4.88 Å². The van der Waals surface area contributed by atoms with Crippen LogP contribution in [0.15, 0.2) is 43.9 Å². The minimum Gasteiger partial charge on any atom is -0.339 e. The summed E-state index contributed by atoms with van der Waals surface area (Å²) in [6, 6.07) is 5.16. The van der Waals surface area contributed by atoms with Crippen LogP contribution >= 0.6 is 11.3 Å². The lowest BCUT2D eigenvalue weighted by atomic mass is 10.2. The van der Waals surface area contributed by atoms with E-state index in [1.165, 1.54) is 16.8 Å². The molecule has 0 bridgehead atoms. The van der Waals surface area contributed by atoms with Crippen molar-refractivity contribution in [2.45, 2.75) is 19.4 Å². The van der Waals surface area contributed by atoms with Gasteiger partial charge in [0.1, 0.15) is 6.54 Å². The number of nitrogens with one attached hydrogen (secondary N) is 1. The van der Waals surface area contributed by atoms with E-state index in [9.17, 15) is 14.4 Å². The van der Waals surface area contributed by atoms with Crippen LogP contribution in [0, 0.1) is 0 Å². The Morgan fingerprint density at radius 1 is 1.20 bits per heavy atom. The number of rotatable bonds is 7. The van der Waals surface area contributed by atoms with Crippen LogP contribution in [0.5, 0.6) is 0 Å². The molecule has 10 nitrogen and oxygen atoms in total. The van der Waals surface area contributed by atoms with Gasteiger partial charge in [0.2, 0.25) is 17.6 Å². The summed E-state index contributed by atoms with van der Waals surface area (Å²) in [5.74, 6) is 1.14. The van der Waals surface area contributed by atoms with Crippen molar-refractivity contribution >= 4 is 17.2 Å². The van der Waals surface area contributed by atoms with Crippen molar-refractivity contribution in [3.63, 3.8) is 0 Å². The molecule has 1 aliphatic heterocycles. The highest BCUT2D eigenvalue weighted by molar-refractivity contribution is 7.13. The average Bonchev–Trinajstić information content (AvgIpc) is 3.42. The predicted molar refractivity (Wildman–Crippen MR) is 110 cm³/mol. The molecule has 158 valence electrons. The molecule has 3 aromatic heterocycles. The van der Waals surface area contributed by atoms with Gasteiger partial charge in [-0.3, -0.25) is 24.0 Å². The normalized spacial score (nSPS) is 14.9. The number of thiophene rings is 1. The molecule has 0 unspecified atom stereocenters. The van der Waals surface area contributed by atoms with Crippen LogP contribution in [-0.4, -0.2) is 68.1 Å². The predicted octanol–water partition coefficient (Wildman–Crippen LogP) is 0.425. The van der Waals surface area contributed by atoms with Crippen molar-refractivity contribution in [2.75, 3.05) is 32.7 Å². The molecule has 3 aromatic rings. The molecular weight excluding hydrogens is 408 g/mol. The zero-order valence-electron chi connectivity index (χ0n) is 16.3. The Kier molecular flexibility index (Phi) is 6.19. The molecule has 0 saturated carbocycles. The standard InChI is InChI=1S/C19H22N6O4S/c26-15-5-7-25(19(28)20-15)13-17(27)24-10-8-23(9-11-24)6-1-4-16-21-18(22-29-16)14-3-2-12-30-14/h2-3,5,7,12H,1,4,6,8-11,13H2,(H,20,26,28). The van der Waals surface area contributed by atoms with Gasteiger partial charge in [-0.15, -0.1) is 11.3 Å². The summed E-state index contributed by atoms with van der Waals surface area (Å²) in [5, 5.41) is 6.00. The van der Waals surface area contributed by atoms with Gasteiger partial charge >= 0.3 is 5.69 Å². The molecule has 1 amide bonds. The van der Waals surface area contributed by atoms with E-state index in [2.05, 4.69) is 20.0 Å². The van der Waals surface area contributed by atoms with Crippen molar-refractivity contribution in [1.82, 2.24) is 29.5 Å². The van der Waals surface area contributed by atoms with Crippen LogP contribution in [0.2, 0.25) is 0 Å². The van der Waals surface area contributed by atoms with Crippen LogP contribution in [-0.2, 0) is 17.8 Å².